The Balaban J connectivity index is 2.57. The molecule has 0 unspecified atom stereocenters. The molecule has 1 fully saturated rings. The Morgan fingerprint density at radius 1 is 1.16 bits per heavy atom. The van der Waals surface area contributed by atoms with Crippen molar-refractivity contribution in [2.24, 2.45) is 16.3 Å². The first kappa shape index (κ1) is 21.3. The van der Waals surface area contributed by atoms with Crippen LogP contribution in [-0.2, 0) is 14.3 Å². The van der Waals surface area contributed by atoms with Crippen LogP contribution < -0.4 is 16.0 Å². The molecular weight excluding hydrogens is 320 g/mol. The van der Waals surface area contributed by atoms with Crippen molar-refractivity contribution < 1.29 is 14.3 Å². The number of nitrogens with zero attached hydrogens (tertiary/aromatic N) is 1. The summed E-state index contributed by atoms with van der Waals surface area (Å²) >= 11 is 0. The number of nitrogens with one attached hydrogen (secondary N) is 3. The minimum absolute atomic E-state index is 0.0182. The third-order valence-corrected chi connectivity index (χ3v) is 4.51. The van der Waals surface area contributed by atoms with Gasteiger partial charge in [0.05, 0.1) is 24.5 Å². The predicted molar refractivity (Wildman–Crippen MR) is 99.3 cm³/mol. The molecule has 0 radical (unpaired) electrons. The van der Waals surface area contributed by atoms with Crippen LogP contribution in [-0.4, -0.2) is 50.6 Å². The van der Waals surface area contributed by atoms with Gasteiger partial charge >= 0.3 is 5.97 Å². The summed E-state index contributed by atoms with van der Waals surface area (Å²) in [4.78, 5) is 28.3. The summed E-state index contributed by atoms with van der Waals surface area (Å²) in [6.07, 6.45) is 3.48. The molecule has 0 saturated heterocycles. The maximum Gasteiger partial charge on any atom is 0.308 e. The molecule has 0 atom stereocenters. The molecule has 0 heterocycles. The monoisotopic (exact) mass is 354 g/mol. The van der Waals surface area contributed by atoms with Crippen LogP contribution >= 0.6 is 0 Å². The Labute approximate surface area is 151 Å². The molecule has 7 heteroatoms. The van der Waals surface area contributed by atoms with E-state index in [1.807, 2.05) is 27.7 Å². The summed E-state index contributed by atoms with van der Waals surface area (Å²) < 4.78 is 5.11. The average molecular weight is 354 g/mol. The summed E-state index contributed by atoms with van der Waals surface area (Å²) in [7, 11) is 1.64. The van der Waals surface area contributed by atoms with E-state index in [1.54, 1.807) is 7.05 Å². The number of hydrogen-bond acceptors (Lipinski definition) is 4. The van der Waals surface area contributed by atoms with Crippen LogP contribution in [0.2, 0.25) is 0 Å². The Morgan fingerprint density at radius 3 is 2.32 bits per heavy atom. The number of aliphatic imine (C=N–C) groups is 1. The number of carbonyl (C=O) groups excluding carboxylic acids is 2. The first-order chi connectivity index (χ1) is 11.8. The zero-order valence-electron chi connectivity index (χ0n) is 16.3. The molecule has 25 heavy (non-hydrogen) atoms. The van der Waals surface area contributed by atoms with Gasteiger partial charge in [-0.2, -0.15) is 0 Å². The van der Waals surface area contributed by atoms with Crippen LogP contribution in [0.4, 0.5) is 0 Å². The maximum atomic E-state index is 11.9. The fourth-order valence-electron chi connectivity index (χ4n) is 2.93. The predicted octanol–water partition coefficient (Wildman–Crippen LogP) is 1.44. The molecule has 0 aromatic carbocycles. The zero-order chi connectivity index (χ0) is 18.9. The molecule has 1 rings (SSSR count). The number of rotatable bonds is 7. The van der Waals surface area contributed by atoms with Crippen molar-refractivity contribution in [3.05, 3.63) is 0 Å². The van der Waals surface area contributed by atoms with E-state index >= 15 is 0 Å². The van der Waals surface area contributed by atoms with Crippen LogP contribution in [0.15, 0.2) is 4.99 Å². The van der Waals surface area contributed by atoms with Crippen LogP contribution in [0.25, 0.3) is 0 Å². The van der Waals surface area contributed by atoms with E-state index in [4.69, 9.17) is 4.74 Å². The smallest absolute Gasteiger partial charge is 0.308 e. The third-order valence-electron chi connectivity index (χ3n) is 4.51. The molecule has 7 nitrogen and oxygen atoms in total. The molecule has 144 valence electrons. The second-order valence-corrected chi connectivity index (χ2v) is 7.10. The van der Waals surface area contributed by atoms with E-state index in [0.29, 0.717) is 13.2 Å². The summed E-state index contributed by atoms with van der Waals surface area (Å²) in [5, 5.41) is 9.34. The number of esters is 1. The van der Waals surface area contributed by atoms with Gasteiger partial charge in [0.25, 0.3) is 0 Å². The van der Waals surface area contributed by atoms with Crippen molar-refractivity contribution >= 4 is 17.8 Å². The number of hydrogen-bond donors (Lipinski definition) is 3. The summed E-state index contributed by atoms with van der Waals surface area (Å²) in [6.45, 7) is 9.20. The van der Waals surface area contributed by atoms with E-state index in [0.717, 1.165) is 38.2 Å². The van der Waals surface area contributed by atoms with Gasteiger partial charge in [0, 0.05) is 19.6 Å². The average Bonchev–Trinajstić information content (AvgIpc) is 2.60. The second-order valence-electron chi connectivity index (χ2n) is 7.10. The van der Waals surface area contributed by atoms with Crippen molar-refractivity contribution in [1.82, 2.24) is 16.0 Å². The van der Waals surface area contributed by atoms with Gasteiger partial charge in [-0.1, -0.05) is 0 Å². The standard InChI is InChI=1S/C18H34N4O3/c1-6-20-17(21-12-18(3,4)16(24)19-5)22-14-10-8-13(9-11-14)15(23)25-7-2/h13-14H,6-12H2,1-5H3,(H,19,24)(H2,20,21,22). The van der Waals surface area contributed by atoms with E-state index < -0.39 is 5.41 Å². The zero-order valence-corrected chi connectivity index (χ0v) is 16.3. The normalized spacial score (nSPS) is 21.4. The molecule has 0 aromatic heterocycles. The van der Waals surface area contributed by atoms with Gasteiger partial charge < -0.3 is 20.7 Å². The van der Waals surface area contributed by atoms with Crippen molar-refractivity contribution in [3.63, 3.8) is 0 Å². The van der Waals surface area contributed by atoms with E-state index in [-0.39, 0.29) is 23.8 Å². The highest BCUT2D eigenvalue weighted by Gasteiger charge is 2.29. The molecular formula is C18H34N4O3. The molecule has 1 saturated carbocycles. The molecule has 0 aliphatic heterocycles. The fraction of sp³-hybridized carbons (Fsp3) is 0.833. The molecule has 0 spiro atoms. The highest BCUT2D eigenvalue weighted by atomic mass is 16.5. The van der Waals surface area contributed by atoms with Gasteiger partial charge in [-0.25, -0.2) is 0 Å². The summed E-state index contributed by atoms with van der Waals surface area (Å²) in [5.74, 6) is 0.639. The van der Waals surface area contributed by atoms with E-state index in [1.165, 1.54) is 0 Å². The second kappa shape index (κ2) is 10.3. The number of amides is 1. The molecule has 3 N–H and O–H groups in total. The topological polar surface area (TPSA) is 91.8 Å². The molecule has 0 aromatic rings. The minimum atomic E-state index is -0.557. The Bertz CT molecular complexity index is 469. The number of carbonyl (C=O) groups is 2. The van der Waals surface area contributed by atoms with Gasteiger partial charge in [0.2, 0.25) is 5.91 Å². The van der Waals surface area contributed by atoms with Crippen molar-refractivity contribution in [2.75, 3.05) is 26.7 Å². The van der Waals surface area contributed by atoms with Crippen LogP contribution in [0.5, 0.6) is 0 Å². The van der Waals surface area contributed by atoms with Crippen LogP contribution in [0, 0.1) is 11.3 Å². The van der Waals surface area contributed by atoms with E-state index in [9.17, 15) is 9.59 Å². The van der Waals surface area contributed by atoms with Gasteiger partial charge in [-0.15, -0.1) is 0 Å². The van der Waals surface area contributed by atoms with Crippen molar-refractivity contribution in [2.45, 2.75) is 59.4 Å². The van der Waals surface area contributed by atoms with Crippen LogP contribution in [0.1, 0.15) is 53.4 Å². The first-order valence-corrected chi connectivity index (χ1v) is 9.27. The molecule has 1 aliphatic rings. The lowest BCUT2D eigenvalue weighted by atomic mass is 9.86. The first-order valence-electron chi connectivity index (χ1n) is 9.27. The van der Waals surface area contributed by atoms with Crippen LogP contribution in [0.3, 0.4) is 0 Å². The molecule has 1 aliphatic carbocycles. The Morgan fingerprint density at radius 2 is 1.80 bits per heavy atom. The quantitative estimate of drug-likeness (QED) is 0.365. The lowest BCUT2D eigenvalue weighted by molar-refractivity contribution is -0.149. The van der Waals surface area contributed by atoms with Gasteiger partial charge in [0.1, 0.15) is 0 Å². The largest absolute Gasteiger partial charge is 0.466 e. The highest BCUT2D eigenvalue weighted by Crippen LogP contribution is 2.25. The van der Waals surface area contributed by atoms with Gasteiger partial charge in [-0.3, -0.25) is 14.6 Å². The van der Waals surface area contributed by atoms with Crippen molar-refractivity contribution in [1.29, 1.82) is 0 Å². The summed E-state index contributed by atoms with van der Waals surface area (Å²) in [5.41, 5.74) is -0.557. The maximum absolute atomic E-state index is 11.9. The molecule has 1 amide bonds. The molecule has 0 bridgehead atoms. The van der Waals surface area contributed by atoms with E-state index in [2.05, 4.69) is 20.9 Å². The highest BCUT2D eigenvalue weighted by molar-refractivity contribution is 5.83. The number of ether oxygens (including phenoxy) is 1. The SMILES string of the molecule is CCNC(=NCC(C)(C)C(=O)NC)NC1CCC(C(=O)OCC)CC1. The fourth-order valence-corrected chi connectivity index (χ4v) is 2.93. The van der Waals surface area contributed by atoms with Gasteiger partial charge in [-0.05, 0) is 53.4 Å². The lowest BCUT2D eigenvalue weighted by Crippen LogP contribution is -2.46. The Kier molecular flexibility index (Phi) is 8.72. The number of guanidine groups is 1. The lowest BCUT2D eigenvalue weighted by Gasteiger charge is -2.29. The van der Waals surface area contributed by atoms with Crippen molar-refractivity contribution in [3.8, 4) is 0 Å². The minimum Gasteiger partial charge on any atom is -0.466 e. The Hall–Kier alpha value is -1.79. The summed E-state index contributed by atoms with van der Waals surface area (Å²) in [6, 6.07) is 0.284. The third kappa shape index (κ3) is 6.92. The van der Waals surface area contributed by atoms with Gasteiger partial charge in [0.15, 0.2) is 5.96 Å².